The minimum absolute atomic E-state index is 0.0791. The number of rotatable bonds is 6. The molecule has 2 aromatic rings. The Balaban J connectivity index is 1.51. The molecule has 39 heavy (non-hydrogen) atoms. The summed E-state index contributed by atoms with van der Waals surface area (Å²) in [7, 11) is 1.36. The lowest BCUT2D eigenvalue weighted by molar-refractivity contribution is -0.158. The summed E-state index contributed by atoms with van der Waals surface area (Å²) in [4.78, 5) is 28.1. The third kappa shape index (κ3) is 6.06. The van der Waals surface area contributed by atoms with E-state index in [1.54, 1.807) is 0 Å². The molecule has 0 unspecified atom stereocenters. The first-order chi connectivity index (χ1) is 18.6. The van der Waals surface area contributed by atoms with Crippen LogP contribution >= 0.6 is 11.6 Å². The topological polar surface area (TPSA) is 65.1 Å². The Morgan fingerprint density at radius 3 is 2.64 bits per heavy atom. The van der Waals surface area contributed by atoms with Gasteiger partial charge in [-0.05, 0) is 99.7 Å². The van der Waals surface area contributed by atoms with E-state index in [4.69, 9.17) is 25.8 Å². The minimum atomic E-state index is -0.754. The number of ether oxygens (including phenoxy) is 3. The van der Waals surface area contributed by atoms with Crippen LogP contribution < -0.4 is 9.64 Å². The molecule has 0 aromatic heterocycles. The van der Waals surface area contributed by atoms with Gasteiger partial charge in [-0.15, -0.1) is 0 Å². The first-order valence-corrected chi connectivity index (χ1v) is 14.5. The van der Waals surface area contributed by atoms with Crippen molar-refractivity contribution in [3.8, 4) is 5.75 Å². The molecule has 1 saturated carbocycles. The van der Waals surface area contributed by atoms with Crippen molar-refractivity contribution in [1.82, 2.24) is 0 Å². The number of benzene rings is 2. The summed E-state index contributed by atoms with van der Waals surface area (Å²) in [6.45, 7) is 7.84. The second kappa shape index (κ2) is 11.0. The lowest BCUT2D eigenvalue weighted by Crippen LogP contribution is -2.47. The number of carbonyl (C=O) groups is 2. The fraction of sp³-hybridized carbons (Fsp3) is 0.562. The maximum atomic E-state index is 12.9. The fourth-order valence-electron chi connectivity index (χ4n) is 6.36. The zero-order valence-corrected chi connectivity index (χ0v) is 24.3. The Morgan fingerprint density at radius 2 is 1.95 bits per heavy atom. The number of methoxy groups -OCH3 is 1. The molecule has 1 spiro atoms. The van der Waals surface area contributed by atoms with Crippen LogP contribution in [0.1, 0.15) is 81.9 Å². The number of fused-ring (bicyclic) bond motifs is 3. The lowest BCUT2D eigenvalue weighted by atomic mass is 9.70. The third-order valence-corrected chi connectivity index (χ3v) is 8.68. The van der Waals surface area contributed by atoms with Gasteiger partial charge in [-0.25, -0.2) is 0 Å². The van der Waals surface area contributed by atoms with Crippen molar-refractivity contribution in [3.63, 3.8) is 0 Å². The zero-order chi connectivity index (χ0) is 27.8. The summed E-state index contributed by atoms with van der Waals surface area (Å²) in [5.41, 5.74) is 3.60. The average Bonchev–Trinajstić information content (AvgIpc) is 3.00. The predicted octanol–water partition coefficient (Wildman–Crippen LogP) is 6.60. The molecular formula is C32H40ClNO5. The molecule has 2 aromatic carbocycles. The summed E-state index contributed by atoms with van der Waals surface area (Å²) < 4.78 is 17.2. The number of hydrogen-bond donors (Lipinski definition) is 0. The van der Waals surface area contributed by atoms with Crippen LogP contribution in [0.4, 0.5) is 5.69 Å². The molecule has 6 nitrogen and oxygen atoms in total. The van der Waals surface area contributed by atoms with E-state index in [0.717, 1.165) is 54.4 Å². The number of anilines is 1. The van der Waals surface area contributed by atoms with Crippen molar-refractivity contribution >= 4 is 29.2 Å². The summed E-state index contributed by atoms with van der Waals surface area (Å²) >= 11 is 6.38. The molecule has 0 radical (unpaired) electrons. The summed E-state index contributed by atoms with van der Waals surface area (Å²) in [5.74, 6) is -0.169. The van der Waals surface area contributed by atoms with E-state index in [9.17, 15) is 9.59 Å². The van der Waals surface area contributed by atoms with Crippen molar-refractivity contribution in [3.05, 3.63) is 58.1 Å². The van der Waals surface area contributed by atoms with Gasteiger partial charge in [0.25, 0.3) is 0 Å². The fourth-order valence-corrected chi connectivity index (χ4v) is 6.56. The van der Waals surface area contributed by atoms with Crippen LogP contribution in [0, 0.1) is 5.92 Å². The predicted molar refractivity (Wildman–Crippen MR) is 153 cm³/mol. The van der Waals surface area contributed by atoms with Crippen molar-refractivity contribution in [2.45, 2.75) is 82.7 Å². The first kappa shape index (κ1) is 27.8. The van der Waals surface area contributed by atoms with Crippen molar-refractivity contribution < 1.29 is 23.8 Å². The largest absolute Gasteiger partial charge is 0.490 e. The van der Waals surface area contributed by atoms with Gasteiger partial charge in [0.05, 0.1) is 31.7 Å². The van der Waals surface area contributed by atoms with E-state index in [1.807, 2.05) is 45.0 Å². The molecule has 210 valence electrons. The molecule has 7 heteroatoms. The van der Waals surface area contributed by atoms with E-state index in [2.05, 4.69) is 17.0 Å². The molecule has 1 aliphatic heterocycles. The molecule has 1 heterocycles. The van der Waals surface area contributed by atoms with Gasteiger partial charge >= 0.3 is 11.9 Å². The van der Waals surface area contributed by atoms with Gasteiger partial charge in [0.15, 0.2) is 0 Å². The van der Waals surface area contributed by atoms with Gasteiger partial charge in [-0.2, -0.15) is 0 Å². The SMILES string of the molecule is COC(=O)[C@@H](CC(=O)OC(C)(C)C)c1ccc2c(c1)N(CC1CCC1)C[C@@]1(CCCc3cc(Cl)ccc31)CO2. The minimum Gasteiger partial charge on any atom is -0.490 e. The van der Waals surface area contributed by atoms with Crippen LogP contribution in [0.5, 0.6) is 5.75 Å². The van der Waals surface area contributed by atoms with E-state index < -0.39 is 23.5 Å². The maximum Gasteiger partial charge on any atom is 0.313 e. The van der Waals surface area contributed by atoms with Crippen LogP contribution in [0.3, 0.4) is 0 Å². The van der Waals surface area contributed by atoms with Crippen LogP contribution in [0.2, 0.25) is 5.02 Å². The number of carbonyl (C=O) groups excluding carboxylic acids is 2. The van der Waals surface area contributed by atoms with E-state index in [-0.39, 0.29) is 11.8 Å². The molecule has 0 saturated heterocycles. The molecule has 5 rings (SSSR count). The highest BCUT2D eigenvalue weighted by Crippen LogP contribution is 2.46. The maximum absolute atomic E-state index is 12.9. The number of aryl methyl sites for hydroxylation is 1. The van der Waals surface area contributed by atoms with Gasteiger partial charge < -0.3 is 19.1 Å². The van der Waals surface area contributed by atoms with Crippen molar-refractivity contribution in [2.24, 2.45) is 5.92 Å². The second-order valence-electron chi connectivity index (χ2n) is 12.5. The number of hydrogen-bond acceptors (Lipinski definition) is 6. The van der Waals surface area contributed by atoms with Crippen molar-refractivity contribution in [1.29, 1.82) is 0 Å². The van der Waals surface area contributed by atoms with Crippen LogP contribution in [0.25, 0.3) is 0 Å². The Bertz CT molecular complexity index is 1230. The highest BCUT2D eigenvalue weighted by Gasteiger charge is 2.42. The van der Waals surface area contributed by atoms with Crippen molar-refractivity contribution in [2.75, 3.05) is 31.7 Å². The smallest absolute Gasteiger partial charge is 0.313 e. The highest BCUT2D eigenvalue weighted by molar-refractivity contribution is 6.30. The van der Waals surface area contributed by atoms with Gasteiger partial charge in [-0.3, -0.25) is 9.59 Å². The molecular weight excluding hydrogens is 514 g/mol. The number of halogens is 1. The third-order valence-electron chi connectivity index (χ3n) is 8.44. The summed E-state index contributed by atoms with van der Waals surface area (Å²) in [6.07, 6.45) is 6.83. The van der Waals surface area contributed by atoms with E-state index >= 15 is 0 Å². The summed E-state index contributed by atoms with van der Waals surface area (Å²) in [5, 5.41) is 0.776. The second-order valence-corrected chi connectivity index (χ2v) is 12.9. The van der Waals surface area contributed by atoms with Crippen LogP contribution in [-0.2, 0) is 30.9 Å². The first-order valence-electron chi connectivity index (χ1n) is 14.2. The lowest BCUT2D eigenvalue weighted by Gasteiger charge is -2.42. The Kier molecular flexibility index (Phi) is 7.87. The monoisotopic (exact) mass is 553 g/mol. The molecule has 0 amide bonds. The normalized spacial score (nSPS) is 21.6. The van der Waals surface area contributed by atoms with Gasteiger partial charge in [-0.1, -0.05) is 30.2 Å². The molecule has 2 atom stereocenters. The standard InChI is InChI=1S/C32H40ClNO5/c1-31(2,3)39-29(35)17-25(30(36)37-4)22-10-13-28-27(16-22)34(18-21-7-5-8-21)19-32(20-38-28)14-6-9-23-15-24(33)11-12-26(23)32/h10-13,15-16,21,25H,5-9,14,17-20H2,1-4H3/t25-,32-/m0/s1. The van der Waals surface area contributed by atoms with E-state index in [0.29, 0.717) is 12.5 Å². The Labute approximate surface area is 236 Å². The van der Waals surface area contributed by atoms with Crippen LogP contribution in [-0.4, -0.2) is 44.3 Å². The van der Waals surface area contributed by atoms with E-state index in [1.165, 1.54) is 37.5 Å². The molecule has 0 N–H and O–H groups in total. The van der Waals surface area contributed by atoms with Gasteiger partial charge in [0, 0.05) is 23.5 Å². The average molecular weight is 554 g/mol. The molecule has 0 bridgehead atoms. The molecule has 2 aliphatic carbocycles. The molecule has 1 fully saturated rings. The number of nitrogens with zero attached hydrogens (tertiary/aromatic N) is 1. The number of esters is 2. The molecule has 3 aliphatic rings. The van der Waals surface area contributed by atoms with Gasteiger partial charge in [0.2, 0.25) is 0 Å². The highest BCUT2D eigenvalue weighted by atomic mass is 35.5. The Morgan fingerprint density at radius 1 is 1.15 bits per heavy atom. The zero-order valence-electron chi connectivity index (χ0n) is 23.6. The summed E-state index contributed by atoms with van der Waals surface area (Å²) in [6, 6.07) is 12.2. The van der Waals surface area contributed by atoms with Gasteiger partial charge in [0.1, 0.15) is 11.4 Å². The quantitative estimate of drug-likeness (QED) is 0.375. The Hall–Kier alpha value is -2.73. The van der Waals surface area contributed by atoms with Crippen LogP contribution in [0.15, 0.2) is 36.4 Å².